The van der Waals surface area contributed by atoms with Crippen LogP contribution >= 0.6 is 15.9 Å². The van der Waals surface area contributed by atoms with E-state index in [1.54, 1.807) is 12.1 Å². The van der Waals surface area contributed by atoms with Gasteiger partial charge in [-0.05, 0) is 18.1 Å². The van der Waals surface area contributed by atoms with E-state index in [0.717, 1.165) is 0 Å². The van der Waals surface area contributed by atoms with Gasteiger partial charge in [-0.2, -0.15) is 0 Å². The van der Waals surface area contributed by atoms with Gasteiger partial charge in [-0.1, -0.05) is 29.8 Å². The molecule has 0 saturated carbocycles. The van der Waals surface area contributed by atoms with Gasteiger partial charge in [0.2, 0.25) is 0 Å². The number of nitro groups is 1. The summed E-state index contributed by atoms with van der Waals surface area (Å²) >= 11 is 3.25. The fourth-order valence-corrected chi connectivity index (χ4v) is 1.94. The Bertz CT molecular complexity index is 491. The minimum absolute atomic E-state index is 0.0639. The molecule has 1 N–H and O–H groups in total. The molecule has 104 valence electrons. The molecule has 0 aliphatic heterocycles. The van der Waals surface area contributed by atoms with Crippen molar-refractivity contribution in [2.75, 3.05) is 12.4 Å². The van der Waals surface area contributed by atoms with Crippen molar-refractivity contribution >= 4 is 33.3 Å². The molecular weight excluding hydrogens is 316 g/mol. The van der Waals surface area contributed by atoms with E-state index >= 15 is 0 Å². The molecule has 0 aliphatic carbocycles. The molecule has 7 heteroatoms. The molecule has 0 amide bonds. The van der Waals surface area contributed by atoms with Crippen molar-refractivity contribution < 1.29 is 14.5 Å². The maximum absolute atomic E-state index is 11.7. The van der Waals surface area contributed by atoms with Crippen LogP contribution in [0.4, 0.5) is 11.4 Å². The van der Waals surface area contributed by atoms with Gasteiger partial charge in [0.25, 0.3) is 5.69 Å². The third-order valence-electron chi connectivity index (χ3n) is 2.59. The quantitative estimate of drug-likeness (QED) is 0.510. The molecule has 0 saturated heterocycles. The third kappa shape index (κ3) is 3.92. The van der Waals surface area contributed by atoms with Crippen LogP contribution in [0.2, 0.25) is 0 Å². The van der Waals surface area contributed by atoms with Gasteiger partial charge in [-0.15, -0.1) is 0 Å². The summed E-state index contributed by atoms with van der Waals surface area (Å²) < 4.78 is 5.38. The fraction of sp³-hybridized carbons (Fsp3) is 0.417. The van der Waals surface area contributed by atoms with Crippen molar-refractivity contribution in [2.24, 2.45) is 5.92 Å². The normalized spacial score (nSPS) is 12.1. The number of nitrogens with one attached hydrogen (secondary N) is 1. The third-order valence-corrected chi connectivity index (χ3v) is 3.08. The van der Waals surface area contributed by atoms with Crippen LogP contribution in [0.25, 0.3) is 0 Å². The van der Waals surface area contributed by atoms with Gasteiger partial charge in [0, 0.05) is 10.5 Å². The Labute approximate surface area is 119 Å². The largest absolute Gasteiger partial charge is 0.467 e. The predicted octanol–water partition coefficient (Wildman–Crippen LogP) is 2.97. The highest BCUT2D eigenvalue weighted by Crippen LogP contribution is 2.29. The van der Waals surface area contributed by atoms with Crippen LogP contribution in [-0.4, -0.2) is 24.0 Å². The molecule has 0 aliphatic rings. The van der Waals surface area contributed by atoms with Gasteiger partial charge in [-0.25, -0.2) is 4.79 Å². The molecule has 1 unspecified atom stereocenters. The van der Waals surface area contributed by atoms with Crippen molar-refractivity contribution in [1.29, 1.82) is 0 Å². The number of ether oxygens (including phenoxy) is 1. The number of carbonyl (C=O) groups is 1. The Morgan fingerprint density at radius 3 is 2.58 bits per heavy atom. The number of nitrogens with zero attached hydrogens (tertiary/aromatic N) is 1. The molecule has 0 spiro atoms. The lowest BCUT2D eigenvalue weighted by Crippen LogP contribution is -2.35. The summed E-state index contributed by atoms with van der Waals surface area (Å²) in [6.45, 7) is 3.66. The second kappa shape index (κ2) is 6.51. The molecule has 0 aromatic heterocycles. The Kier molecular flexibility index (Phi) is 5.29. The van der Waals surface area contributed by atoms with Crippen LogP contribution in [0.3, 0.4) is 0 Å². The number of rotatable bonds is 5. The predicted molar refractivity (Wildman–Crippen MR) is 75.1 cm³/mol. The first kappa shape index (κ1) is 15.4. The van der Waals surface area contributed by atoms with E-state index in [4.69, 9.17) is 4.74 Å². The first-order valence-corrected chi connectivity index (χ1v) is 6.44. The number of hydrogen-bond acceptors (Lipinski definition) is 5. The zero-order valence-electron chi connectivity index (χ0n) is 10.8. The number of methoxy groups -OCH3 is 1. The zero-order chi connectivity index (χ0) is 14.6. The molecule has 1 aromatic rings. The van der Waals surface area contributed by atoms with Crippen LogP contribution in [0, 0.1) is 16.0 Å². The van der Waals surface area contributed by atoms with E-state index in [1.165, 1.54) is 13.2 Å². The number of anilines is 1. The molecule has 1 atom stereocenters. The van der Waals surface area contributed by atoms with Gasteiger partial charge < -0.3 is 10.1 Å². The monoisotopic (exact) mass is 330 g/mol. The lowest BCUT2D eigenvalue weighted by Gasteiger charge is -2.20. The van der Waals surface area contributed by atoms with Gasteiger partial charge in [-0.3, -0.25) is 10.1 Å². The number of hydrogen-bond donors (Lipinski definition) is 1. The number of nitro benzene ring substituents is 1. The highest BCUT2D eigenvalue weighted by molar-refractivity contribution is 9.10. The van der Waals surface area contributed by atoms with Gasteiger partial charge >= 0.3 is 5.97 Å². The summed E-state index contributed by atoms with van der Waals surface area (Å²) in [5.74, 6) is -0.518. The fourth-order valence-electron chi connectivity index (χ4n) is 1.58. The molecule has 0 fully saturated rings. The standard InChI is InChI=1S/C12H15BrN2O4/c1-7(2)11(12(16)19-3)14-9-6-8(13)4-5-10(9)15(17)18/h4-7,11,14H,1-3H3. The average Bonchev–Trinajstić information content (AvgIpc) is 2.34. The summed E-state index contributed by atoms with van der Waals surface area (Å²) in [5.41, 5.74) is 0.196. The maximum Gasteiger partial charge on any atom is 0.328 e. The zero-order valence-corrected chi connectivity index (χ0v) is 12.4. The van der Waals surface area contributed by atoms with Crippen molar-refractivity contribution in [3.8, 4) is 0 Å². The maximum atomic E-state index is 11.7. The smallest absolute Gasteiger partial charge is 0.328 e. The molecule has 0 radical (unpaired) electrons. The van der Waals surface area contributed by atoms with E-state index in [9.17, 15) is 14.9 Å². The SMILES string of the molecule is COC(=O)C(Nc1cc(Br)ccc1[N+](=O)[O-])C(C)C. The lowest BCUT2D eigenvalue weighted by molar-refractivity contribution is -0.384. The highest BCUT2D eigenvalue weighted by Gasteiger charge is 2.26. The highest BCUT2D eigenvalue weighted by atomic mass is 79.9. The molecular formula is C12H15BrN2O4. The van der Waals surface area contributed by atoms with Crippen LogP contribution in [-0.2, 0) is 9.53 Å². The summed E-state index contributed by atoms with van der Waals surface area (Å²) in [4.78, 5) is 22.1. The summed E-state index contributed by atoms with van der Waals surface area (Å²) in [6.07, 6.45) is 0. The second-order valence-electron chi connectivity index (χ2n) is 4.31. The first-order chi connectivity index (χ1) is 8.86. The van der Waals surface area contributed by atoms with Gasteiger partial charge in [0.15, 0.2) is 0 Å². The molecule has 19 heavy (non-hydrogen) atoms. The van der Waals surface area contributed by atoms with E-state index in [1.807, 2.05) is 13.8 Å². The number of esters is 1. The number of halogens is 1. The molecule has 0 bridgehead atoms. The van der Waals surface area contributed by atoms with Gasteiger partial charge in [0.1, 0.15) is 11.7 Å². The minimum Gasteiger partial charge on any atom is -0.467 e. The van der Waals surface area contributed by atoms with Crippen molar-refractivity contribution in [2.45, 2.75) is 19.9 Å². The number of benzene rings is 1. The first-order valence-electron chi connectivity index (χ1n) is 5.65. The Morgan fingerprint density at radius 1 is 1.47 bits per heavy atom. The topological polar surface area (TPSA) is 81.5 Å². The van der Waals surface area contributed by atoms with Crippen LogP contribution < -0.4 is 5.32 Å². The molecule has 1 rings (SSSR count). The Hall–Kier alpha value is -1.63. The summed E-state index contributed by atoms with van der Waals surface area (Å²) in [6, 6.07) is 3.88. The van der Waals surface area contributed by atoms with Crippen LogP contribution in [0.1, 0.15) is 13.8 Å². The summed E-state index contributed by atoms with van der Waals surface area (Å²) in [7, 11) is 1.29. The van der Waals surface area contributed by atoms with Crippen LogP contribution in [0.15, 0.2) is 22.7 Å². The second-order valence-corrected chi connectivity index (χ2v) is 5.22. The van der Waals surface area contributed by atoms with E-state index in [2.05, 4.69) is 21.2 Å². The van der Waals surface area contributed by atoms with Crippen molar-refractivity contribution in [3.05, 3.63) is 32.8 Å². The van der Waals surface area contributed by atoms with E-state index in [-0.39, 0.29) is 17.3 Å². The molecule has 1 aromatic carbocycles. The van der Waals surface area contributed by atoms with E-state index in [0.29, 0.717) is 4.47 Å². The Balaban J connectivity index is 3.11. The van der Waals surface area contributed by atoms with Crippen molar-refractivity contribution in [3.63, 3.8) is 0 Å². The minimum atomic E-state index is -0.641. The van der Waals surface area contributed by atoms with E-state index < -0.39 is 16.9 Å². The molecule has 0 heterocycles. The molecule has 6 nitrogen and oxygen atoms in total. The summed E-state index contributed by atoms with van der Waals surface area (Å²) in [5, 5.41) is 13.8. The number of carbonyl (C=O) groups excluding carboxylic acids is 1. The average molecular weight is 331 g/mol. The lowest BCUT2D eigenvalue weighted by atomic mass is 10.0. The van der Waals surface area contributed by atoms with Crippen LogP contribution in [0.5, 0.6) is 0 Å². The Morgan fingerprint density at radius 2 is 2.11 bits per heavy atom. The van der Waals surface area contributed by atoms with Gasteiger partial charge in [0.05, 0.1) is 12.0 Å². The van der Waals surface area contributed by atoms with Crippen molar-refractivity contribution in [1.82, 2.24) is 0 Å².